The third-order valence-electron chi connectivity index (χ3n) is 2.09. The van der Waals surface area contributed by atoms with E-state index in [1.165, 1.54) is 0 Å². The molecule has 0 saturated carbocycles. The number of phenolic OH excluding ortho intramolecular Hbond substituents is 1. The molecule has 2 heteroatoms. The van der Waals surface area contributed by atoms with Crippen LogP contribution < -0.4 is 5.32 Å². The molecule has 0 atom stereocenters. The highest BCUT2D eigenvalue weighted by Crippen LogP contribution is 2.17. The van der Waals surface area contributed by atoms with Gasteiger partial charge in [-0.05, 0) is 50.2 Å². The summed E-state index contributed by atoms with van der Waals surface area (Å²) in [4.78, 5) is 0. The maximum Gasteiger partial charge on any atom is 0.118 e. The number of nitrogens with one attached hydrogen (secondary N) is 1. The summed E-state index contributed by atoms with van der Waals surface area (Å²) in [7, 11) is 1.94. The normalized spacial score (nSPS) is 11.0. The van der Waals surface area contributed by atoms with Crippen LogP contribution in [0.5, 0.6) is 5.75 Å². The van der Waals surface area contributed by atoms with Gasteiger partial charge in [0.25, 0.3) is 0 Å². The molecule has 0 aliphatic rings. The van der Waals surface area contributed by atoms with E-state index in [9.17, 15) is 5.11 Å². The van der Waals surface area contributed by atoms with E-state index in [0.29, 0.717) is 5.75 Å². The average molecular weight is 191 g/mol. The second kappa shape index (κ2) is 5.45. The maximum absolute atomic E-state index is 9.32. The fraction of sp³-hybridized carbons (Fsp3) is 0.333. The predicted octanol–water partition coefficient (Wildman–Crippen LogP) is 2.32. The largest absolute Gasteiger partial charge is 0.508 e. The molecule has 0 spiro atoms. The smallest absolute Gasteiger partial charge is 0.118 e. The van der Waals surface area contributed by atoms with Crippen molar-refractivity contribution in [2.75, 3.05) is 13.6 Å². The Kier molecular flexibility index (Phi) is 4.20. The van der Waals surface area contributed by atoms with Crippen LogP contribution in [0, 0.1) is 6.92 Å². The summed E-state index contributed by atoms with van der Waals surface area (Å²) in [6.07, 6.45) is 5.22. The lowest BCUT2D eigenvalue weighted by atomic mass is 10.1. The van der Waals surface area contributed by atoms with Crippen molar-refractivity contribution in [2.45, 2.75) is 13.3 Å². The van der Waals surface area contributed by atoms with Crippen molar-refractivity contribution >= 4 is 6.08 Å². The standard InChI is InChI=1S/C12H17NO/c1-10-9-11(6-7-12(10)14)5-3-4-8-13-2/h3,5-7,9,13-14H,4,8H2,1-2H3. The minimum absolute atomic E-state index is 0.359. The van der Waals surface area contributed by atoms with Gasteiger partial charge in [0, 0.05) is 0 Å². The van der Waals surface area contributed by atoms with Crippen molar-refractivity contribution < 1.29 is 5.11 Å². The van der Waals surface area contributed by atoms with E-state index in [0.717, 1.165) is 24.1 Å². The van der Waals surface area contributed by atoms with Gasteiger partial charge in [0.15, 0.2) is 0 Å². The molecule has 0 aromatic heterocycles. The molecule has 1 aromatic rings. The summed E-state index contributed by atoms with van der Waals surface area (Å²) in [6.45, 7) is 2.90. The molecule has 0 heterocycles. The zero-order valence-electron chi connectivity index (χ0n) is 8.75. The van der Waals surface area contributed by atoms with E-state index in [-0.39, 0.29) is 0 Å². The highest BCUT2D eigenvalue weighted by molar-refractivity contribution is 5.52. The molecule has 1 rings (SSSR count). The number of aromatic hydroxyl groups is 1. The summed E-state index contributed by atoms with van der Waals surface area (Å²) in [6, 6.07) is 5.62. The van der Waals surface area contributed by atoms with Crippen molar-refractivity contribution in [2.24, 2.45) is 0 Å². The number of rotatable bonds is 4. The van der Waals surface area contributed by atoms with Crippen LogP contribution in [-0.4, -0.2) is 18.7 Å². The van der Waals surface area contributed by atoms with Gasteiger partial charge in [-0.1, -0.05) is 18.2 Å². The first-order valence-electron chi connectivity index (χ1n) is 4.85. The number of aryl methyl sites for hydroxylation is 1. The van der Waals surface area contributed by atoms with Crippen molar-refractivity contribution in [3.63, 3.8) is 0 Å². The zero-order valence-corrected chi connectivity index (χ0v) is 8.75. The van der Waals surface area contributed by atoms with Gasteiger partial charge >= 0.3 is 0 Å². The lowest BCUT2D eigenvalue weighted by Crippen LogP contribution is -2.05. The molecule has 0 aliphatic carbocycles. The summed E-state index contributed by atoms with van der Waals surface area (Å²) in [5.41, 5.74) is 2.05. The average Bonchev–Trinajstić information content (AvgIpc) is 2.18. The summed E-state index contributed by atoms with van der Waals surface area (Å²) < 4.78 is 0. The van der Waals surface area contributed by atoms with Crippen LogP contribution >= 0.6 is 0 Å². The van der Waals surface area contributed by atoms with E-state index < -0.39 is 0 Å². The van der Waals surface area contributed by atoms with Crippen LogP contribution in [0.25, 0.3) is 6.08 Å². The van der Waals surface area contributed by atoms with E-state index in [1.54, 1.807) is 6.07 Å². The molecule has 0 unspecified atom stereocenters. The highest BCUT2D eigenvalue weighted by Gasteiger charge is 1.94. The van der Waals surface area contributed by atoms with Crippen molar-refractivity contribution in [1.29, 1.82) is 0 Å². The summed E-state index contributed by atoms with van der Waals surface area (Å²) in [5.74, 6) is 0.359. The fourth-order valence-corrected chi connectivity index (χ4v) is 1.23. The van der Waals surface area contributed by atoms with E-state index >= 15 is 0 Å². The highest BCUT2D eigenvalue weighted by atomic mass is 16.3. The molecule has 0 saturated heterocycles. The van der Waals surface area contributed by atoms with Gasteiger partial charge in [-0.3, -0.25) is 0 Å². The monoisotopic (exact) mass is 191 g/mol. The molecule has 0 radical (unpaired) electrons. The summed E-state index contributed by atoms with van der Waals surface area (Å²) in [5, 5.41) is 12.4. The fourth-order valence-electron chi connectivity index (χ4n) is 1.23. The number of phenols is 1. The first kappa shape index (κ1) is 10.8. The second-order valence-corrected chi connectivity index (χ2v) is 3.34. The maximum atomic E-state index is 9.32. The third kappa shape index (κ3) is 3.23. The van der Waals surface area contributed by atoms with Gasteiger partial charge in [0.2, 0.25) is 0 Å². The molecular weight excluding hydrogens is 174 g/mol. The molecule has 76 valence electrons. The molecular formula is C12H17NO. The van der Waals surface area contributed by atoms with Crippen LogP contribution in [0.1, 0.15) is 17.5 Å². The van der Waals surface area contributed by atoms with Crippen LogP contribution in [0.2, 0.25) is 0 Å². The lowest BCUT2D eigenvalue weighted by molar-refractivity contribution is 0.471. The van der Waals surface area contributed by atoms with Crippen LogP contribution in [0.15, 0.2) is 24.3 Å². The number of hydrogen-bond donors (Lipinski definition) is 2. The SMILES string of the molecule is CNCCC=Cc1ccc(O)c(C)c1. The Balaban J connectivity index is 2.59. The molecule has 0 aliphatic heterocycles. The molecule has 0 bridgehead atoms. The van der Waals surface area contributed by atoms with Gasteiger partial charge in [-0.25, -0.2) is 0 Å². The predicted molar refractivity (Wildman–Crippen MR) is 60.4 cm³/mol. The molecule has 0 fully saturated rings. The van der Waals surface area contributed by atoms with Crippen LogP contribution in [-0.2, 0) is 0 Å². The quantitative estimate of drug-likeness (QED) is 0.716. The Morgan fingerprint density at radius 2 is 2.21 bits per heavy atom. The first-order chi connectivity index (χ1) is 6.74. The van der Waals surface area contributed by atoms with Crippen molar-refractivity contribution in [3.05, 3.63) is 35.4 Å². The van der Waals surface area contributed by atoms with E-state index in [2.05, 4.69) is 17.5 Å². The molecule has 2 N–H and O–H groups in total. The van der Waals surface area contributed by atoms with Crippen LogP contribution in [0.3, 0.4) is 0 Å². The minimum Gasteiger partial charge on any atom is -0.508 e. The van der Waals surface area contributed by atoms with Gasteiger partial charge in [-0.15, -0.1) is 0 Å². The molecule has 0 amide bonds. The van der Waals surface area contributed by atoms with E-state index in [1.807, 2.05) is 26.1 Å². The van der Waals surface area contributed by atoms with Crippen LogP contribution in [0.4, 0.5) is 0 Å². The number of hydrogen-bond acceptors (Lipinski definition) is 2. The third-order valence-corrected chi connectivity index (χ3v) is 2.09. The molecule has 1 aromatic carbocycles. The van der Waals surface area contributed by atoms with Crippen molar-refractivity contribution in [1.82, 2.24) is 5.32 Å². The minimum atomic E-state index is 0.359. The Morgan fingerprint density at radius 1 is 1.43 bits per heavy atom. The lowest BCUT2D eigenvalue weighted by Gasteiger charge is -1.99. The van der Waals surface area contributed by atoms with Gasteiger partial charge in [0.05, 0.1) is 0 Å². The first-order valence-corrected chi connectivity index (χ1v) is 4.85. The Labute approximate surface area is 85.3 Å². The molecule has 14 heavy (non-hydrogen) atoms. The van der Waals surface area contributed by atoms with Gasteiger partial charge in [-0.2, -0.15) is 0 Å². The Bertz CT molecular complexity index is 318. The summed E-state index contributed by atoms with van der Waals surface area (Å²) >= 11 is 0. The van der Waals surface area contributed by atoms with Gasteiger partial charge < -0.3 is 10.4 Å². The zero-order chi connectivity index (χ0) is 10.4. The van der Waals surface area contributed by atoms with Gasteiger partial charge in [0.1, 0.15) is 5.75 Å². The Hall–Kier alpha value is -1.28. The number of benzene rings is 1. The molecule has 2 nitrogen and oxygen atoms in total. The Morgan fingerprint density at radius 3 is 2.86 bits per heavy atom. The topological polar surface area (TPSA) is 32.3 Å². The second-order valence-electron chi connectivity index (χ2n) is 3.34. The van der Waals surface area contributed by atoms with Crippen molar-refractivity contribution in [3.8, 4) is 5.75 Å². The van der Waals surface area contributed by atoms with E-state index in [4.69, 9.17) is 0 Å².